The Labute approximate surface area is 173 Å². The number of carbonyl (C=O) groups is 1. The van der Waals surface area contributed by atoms with Gasteiger partial charge in [-0.15, -0.1) is 11.3 Å². The third kappa shape index (κ3) is 4.22. The fourth-order valence-corrected chi connectivity index (χ4v) is 5.68. The summed E-state index contributed by atoms with van der Waals surface area (Å²) in [6.45, 7) is 2.72. The number of amides is 1. The minimum atomic E-state index is -0.396. The van der Waals surface area contributed by atoms with Crippen LogP contribution in [0.15, 0.2) is 30.3 Å². The molecular formula is C22H26F2N2O2S. The number of thiophene rings is 1. The summed E-state index contributed by atoms with van der Waals surface area (Å²) >= 11 is 1.21. The zero-order valence-electron chi connectivity index (χ0n) is 16.5. The molecule has 1 fully saturated rings. The maximum Gasteiger partial charge on any atom is 0.224 e. The van der Waals surface area contributed by atoms with Gasteiger partial charge in [-0.2, -0.15) is 4.39 Å². The first-order valence-electron chi connectivity index (χ1n) is 10.1. The summed E-state index contributed by atoms with van der Waals surface area (Å²) in [5.74, 6) is -0.681. The Kier molecular flexibility index (Phi) is 5.99. The van der Waals surface area contributed by atoms with Gasteiger partial charge in [0.2, 0.25) is 5.91 Å². The van der Waals surface area contributed by atoms with Gasteiger partial charge in [0.05, 0.1) is 12.5 Å². The fourth-order valence-electron chi connectivity index (χ4n) is 4.54. The van der Waals surface area contributed by atoms with E-state index in [9.17, 15) is 13.6 Å². The van der Waals surface area contributed by atoms with Gasteiger partial charge in [0.15, 0.2) is 5.13 Å². The van der Waals surface area contributed by atoms with E-state index in [0.717, 1.165) is 42.8 Å². The summed E-state index contributed by atoms with van der Waals surface area (Å²) in [5, 5.41) is 2.57. The number of fused-ring (bicyclic) bond motifs is 2. The number of hydrogen-bond acceptors (Lipinski definition) is 4. The summed E-state index contributed by atoms with van der Waals surface area (Å²) in [4.78, 5) is 15.7. The first-order valence-corrected chi connectivity index (χ1v) is 10.9. The maximum atomic E-state index is 14.1. The number of piperidine rings is 1. The van der Waals surface area contributed by atoms with Gasteiger partial charge in [0.1, 0.15) is 11.4 Å². The fraction of sp³-hybridized carbons (Fsp3) is 0.500. The molecule has 1 spiro atoms. The van der Waals surface area contributed by atoms with Gasteiger partial charge in [-0.3, -0.25) is 4.79 Å². The van der Waals surface area contributed by atoms with Crippen molar-refractivity contribution in [1.82, 2.24) is 10.2 Å². The first kappa shape index (κ1) is 20.4. The summed E-state index contributed by atoms with van der Waals surface area (Å²) in [5.41, 5.74) is 1.24. The third-order valence-electron chi connectivity index (χ3n) is 6.13. The number of benzene rings is 1. The molecule has 1 aromatic heterocycles. The SMILES string of the molecule is CNC(=O)[C@H](Cc1ccccc1F)CN1CCC2(CC1)OCCc1cc(F)sc12. The Morgan fingerprint density at radius 1 is 1.31 bits per heavy atom. The molecule has 4 nitrogen and oxygen atoms in total. The van der Waals surface area contributed by atoms with Crippen molar-refractivity contribution in [3.63, 3.8) is 0 Å². The molecule has 7 heteroatoms. The van der Waals surface area contributed by atoms with Crippen molar-refractivity contribution in [2.75, 3.05) is 33.3 Å². The highest BCUT2D eigenvalue weighted by Gasteiger charge is 2.43. The van der Waals surface area contributed by atoms with Crippen LogP contribution in [0.5, 0.6) is 0 Å². The summed E-state index contributed by atoms with van der Waals surface area (Å²) in [7, 11) is 1.62. The largest absolute Gasteiger partial charge is 0.369 e. The van der Waals surface area contributed by atoms with Crippen LogP contribution in [-0.2, 0) is 28.0 Å². The van der Waals surface area contributed by atoms with E-state index in [1.165, 1.54) is 17.4 Å². The van der Waals surface area contributed by atoms with Gasteiger partial charge < -0.3 is 15.0 Å². The molecule has 1 amide bonds. The number of rotatable bonds is 5. The van der Waals surface area contributed by atoms with Gasteiger partial charge in [0.25, 0.3) is 0 Å². The Hall–Kier alpha value is -1.83. The van der Waals surface area contributed by atoms with E-state index in [4.69, 9.17) is 4.74 Å². The molecule has 2 aromatic rings. The normalized spacial score (nSPS) is 19.7. The number of nitrogens with zero attached hydrogens (tertiary/aromatic N) is 1. The minimum Gasteiger partial charge on any atom is -0.369 e. The molecule has 0 unspecified atom stereocenters. The van der Waals surface area contributed by atoms with E-state index < -0.39 is 5.60 Å². The number of halogens is 2. The van der Waals surface area contributed by atoms with Crippen LogP contribution in [0.25, 0.3) is 0 Å². The Balaban J connectivity index is 1.43. The lowest BCUT2D eigenvalue weighted by molar-refractivity contribution is -0.126. The number of likely N-dealkylation sites (tertiary alicyclic amines) is 1. The quantitative estimate of drug-likeness (QED) is 0.805. The molecule has 0 bridgehead atoms. The second-order valence-corrected chi connectivity index (χ2v) is 8.91. The predicted octanol–water partition coefficient (Wildman–Crippen LogP) is 3.50. The standard InChI is InChI=1S/C22H26F2N2O2S/c1-25-21(27)17(12-15-4-2-3-5-18(15)23)14-26-9-7-22(8-10-26)20-16(6-11-28-22)13-19(24)29-20/h2-5,13,17H,6-12,14H2,1H3,(H,25,27)/t17-/m1/s1. The molecular weight excluding hydrogens is 394 g/mol. The third-order valence-corrected chi connectivity index (χ3v) is 7.28. The van der Waals surface area contributed by atoms with Crippen molar-refractivity contribution < 1.29 is 18.3 Å². The maximum absolute atomic E-state index is 14.1. The van der Waals surface area contributed by atoms with E-state index in [0.29, 0.717) is 25.1 Å². The topological polar surface area (TPSA) is 41.6 Å². The molecule has 1 N–H and O–H groups in total. The van der Waals surface area contributed by atoms with Crippen molar-refractivity contribution in [3.8, 4) is 0 Å². The van der Waals surface area contributed by atoms with Gasteiger partial charge in [0, 0.05) is 31.6 Å². The van der Waals surface area contributed by atoms with Gasteiger partial charge in [-0.25, -0.2) is 4.39 Å². The second-order valence-electron chi connectivity index (χ2n) is 7.90. The number of ether oxygens (including phenoxy) is 1. The number of hydrogen-bond donors (Lipinski definition) is 1. The molecule has 0 aliphatic carbocycles. The van der Waals surface area contributed by atoms with Crippen molar-refractivity contribution in [1.29, 1.82) is 0 Å². The van der Waals surface area contributed by atoms with Crippen molar-refractivity contribution >= 4 is 17.2 Å². The van der Waals surface area contributed by atoms with E-state index in [1.54, 1.807) is 31.3 Å². The molecule has 156 valence electrons. The summed E-state index contributed by atoms with van der Waals surface area (Å²) < 4.78 is 34.1. The summed E-state index contributed by atoms with van der Waals surface area (Å²) in [6.07, 6.45) is 2.69. The van der Waals surface area contributed by atoms with E-state index in [2.05, 4.69) is 10.2 Å². The lowest BCUT2D eigenvalue weighted by Crippen LogP contribution is -2.48. The Bertz CT molecular complexity index is 877. The van der Waals surface area contributed by atoms with Crippen molar-refractivity contribution in [2.24, 2.45) is 5.92 Å². The zero-order valence-corrected chi connectivity index (χ0v) is 17.4. The average Bonchev–Trinajstić information content (AvgIpc) is 3.12. The van der Waals surface area contributed by atoms with Gasteiger partial charge in [-0.1, -0.05) is 18.2 Å². The van der Waals surface area contributed by atoms with E-state index in [-0.39, 0.29) is 22.8 Å². The summed E-state index contributed by atoms with van der Waals surface area (Å²) in [6, 6.07) is 8.26. The number of carbonyl (C=O) groups excluding carboxylic acids is 1. The zero-order chi connectivity index (χ0) is 20.4. The van der Waals surface area contributed by atoms with Crippen LogP contribution >= 0.6 is 11.3 Å². The highest BCUT2D eigenvalue weighted by molar-refractivity contribution is 7.10. The van der Waals surface area contributed by atoms with Crippen LogP contribution in [0, 0.1) is 16.9 Å². The predicted molar refractivity (Wildman–Crippen MR) is 109 cm³/mol. The van der Waals surface area contributed by atoms with Crippen molar-refractivity contribution in [2.45, 2.75) is 31.3 Å². The molecule has 0 saturated carbocycles. The molecule has 1 aromatic carbocycles. The highest BCUT2D eigenvalue weighted by Crippen LogP contribution is 2.45. The Morgan fingerprint density at radius 3 is 2.79 bits per heavy atom. The first-order chi connectivity index (χ1) is 14.0. The lowest BCUT2D eigenvalue weighted by Gasteiger charge is -2.44. The molecule has 3 heterocycles. The highest BCUT2D eigenvalue weighted by atomic mass is 32.1. The van der Waals surface area contributed by atoms with E-state index >= 15 is 0 Å². The van der Waals surface area contributed by atoms with Crippen LogP contribution in [0.2, 0.25) is 0 Å². The van der Waals surface area contributed by atoms with E-state index in [1.807, 2.05) is 0 Å². The molecule has 2 aliphatic rings. The minimum absolute atomic E-state index is 0.0786. The van der Waals surface area contributed by atoms with Crippen LogP contribution < -0.4 is 5.32 Å². The van der Waals surface area contributed by atoms with Crippen LogP contribution in [0.3, 0.4) is 0 Å². The molecule has 1 saturated heterocycles. The molecule has 4 rings (SSSR count). The molecule has 2 aliphatic heterocycles. The Morgan fingerprint density at radius 2 is 2.07 bits per heavy atom. The second kappa shape index (κ2) is 8.50. The van der Waals surface area contributed by atoms with Gasteiger partial charge in [-0.05, 0) is 48.9 Å². The van der Waals surface area contributed by atoms with Crippen LogP contribution in [0.1, 0.15) is 28.8 Å². The van der Waals surface area contributed by atoms with Crippen LogP contribution in [0.4, 0.5) is 8.78 Å². The van der Waals surface area contributed by atoms with Crippen LogP contribution in [-0.4, -0.2) is 44.1 Å². The smallest absolute Gasteiger partial charge is 0.224 e. The monoisotopic (exact) mass is 420 g/mol. The van der Waals surface area contributed by atoms with Gasteiger partial charge >= 0.3 is 0 Å². The van der Waals surface area contributed by atoms with Crippen molar-refractivity contribution in [3.05, 3.63) is 57.3 Å². The lowest BCUT2D eigenvalue weighted by atomic mass is 9.85. The number of nitrogens with one attached hydrogen (secondary N) is 1. The molecule has 1 atom stereocenters. The average molecular weight is 421 g/mol. The molecule has 0 radical (unpaired) electrons. The molecule has 29 heavy (non-hydrogen) atoms.